The smallest absolute Gasteiger partial charge is 0.0159 e. The highest BCUT2D eigenvalue weighted by atomic mass is 14.4. The lowest BCUT2D eigenvalue weighted by Crippen LogP contribution is -2.17. The minimum absolute atomic E-state index is 0.0568. The van der Waals surface area contributed by atoms with Crippen molar-refractivity contribution in [2.75, 3.05) is 0 Å². The molecule has 0 aromatic heterocycles. The molecule has 0 fully saturated rings. The molecule has 0 amide bonds. The minimum atomic E-state index is 0.0568. The molecule has 0 bridgehead atoms. The maximum Gasteiger partial charge on any atom is 0.0159 e. The van der Waals surface area contributed by atoms with Gasteiger partial charge >= 0.3 is 0 Å². The van der Waals surface area contributed by atoms with Gasteiger partial charge in [0.25, 0.3) is 0 Å². The van der Waals surface area contributed by atoms with Gasteiger partial charge < -0.3 is 0 Å². The van der Waals surface area contributed by atoms with Crippen molar-refractivity contribution in [2.45, 2.75) is 52.4 Å². The third-order valence-electron chi connectivity index (χ3n) is 6.86. The van der Waals surface area contributed by atoms with Crippen LogP contribution in [0.15, 0.2) is 48.5 Å². The molecule has 26 heavy (non-hydrogen) atoms. The van der Waals surface area contributed by atoms with E-state index in [2.05, 4.69) is 90.1 Å². The van der Waals surface area contributed by atoms with Crippen LogP contribution in [-0.2, 0) is 10.8 Å². The van der Waals surface area contributed by atoms with Crippen molar-refractivity contribution in [3.63, 3.8) is 0 Å². The van der Waals surface area contributed by atoms with Crippen molar-refractivity contribution < 1.29 is 0 Å². The fourth-order valence-corrected chi connectivity index (χ4v) is 5.31. The Morgan fingerprint density at radius 3 is 1.96 bits per heavy atom. The van der Waals surface area contributed by atoms with Crippen molar-refractivity contribution in [1.82, 2.24) is 0 Å². The summed E-state index contributed by atoms with van der Waals surface area (Å²) in [6, 6.07) is 18.7. The van der Waals surface area contributed by atoms with E-state index in [9.17, 15) is 0 Å². The van der Waals surface area contributed by atoms with Gasteiger partial charge in [0.2, 0.25) is 0 Å². The van der Waals surface area contributed by atoms with Crippen LogP contribution in [0, 0.1) is 13.8 Å². The van der Waals surface area contributed by atoms with Gasteiger partial charge in [0.15, 0.2) is 0 Å². The van der Waals surface area contributed by atoms with Crippen LogP contribution in [0.2, 0.25) is 0 Å². The first-order valence-electron chi connectivity index (χ1n) is 9.64. The van der Waals surface area contributed by atoms with Crippen LogP contribution in [0.25, 0.3) is 22.3 Å². The first kappa shape index (κ1) is 15.9. The molecule has 3 aromatic rings. The number of hydrogen-bond acceptors (Lipinski definition) is 0. The van der Waals surface area contributed by atoms with Crippen molar-refractivity contribution in [3.05, 3.63) is 81.9 Å². The molecule has 2 aliphatic rings. The lowest BCUT2D eigenvalue weighted by Gasteiger charge is -2.24. The van der Waals surface area contributed by atoms with Gasteiger partial charge in [-0.15, -0.1) is 0 Å². The second-order valence-corrected chi connectivity index (χ2v) is 9.24. The van der Waals surface area contributed by atoms with E-state index in [1.807, 2.05) is 0 Å². The fraction of sp³-hybridized carbons (Fsp3) is 0.308. The Morgan fingerprint density at radius 2 is 1.19 bits per heavy atom. The predicted molar refractivity (Wildman–Crippen MR) is 111 cm³/mol. The van der Waals surface area contributed by atoms with Gasteiger partial charge in [0.1, 0.15) is 0 Å². The Hall–Kier alpha value is -2.34. The van der Waals surface area contributed by atoms with Crippen molar-refractivity contribution in [2.24, 2.45) is 0 Å². The summed E-state index contributed by atoms with van der Waals surface area (Å²) in [4.78, 5) is 0. The number of benzene rings is 3. The zero-order valence-corrected chi connectivity index (χ0v) is 16.6. The SMILES string of the molecule is Cc1ccc2c(c1)C(C)(C)c1cc3c(cc1-2)C(C)(C)c1cccc(C)c1-3. The summed E-state index contributed by atoms with van der Waals surface area (Å²) in [7, 11) is 0. The van der Waals surface area contributed by atoms with Gasteiger partial charge in [0.05, 0.1) is 0 Å². The maximum absolute atomic E-state index is 2.50. The lowest BCUT2D eigenvalue weighted by atomic mass is 9.79. The van der Waals surface area contributed by atoms with Crippen LogP contribution < -0.4 is 0 Å². The van der Waals surface area contributed by atoms with Crippen LogP contribution in [0.3, 0.4) is 0 Å². The van der Waals surface area contributed by atoms with Gasteiger partial charge in [-0.3, -0.25) is 0 Å². The Morgan fingerprint density at radius 1 is 0.577 bits per heavy atom. The normalized spacial score (nSPS) is 17.5. The van der Waals surface area contributed by atoms with Crippen LogP contribution in [0.5, 0.6) is 0 Å². The quantitative estimate of drug-likeness (QED) is 0.417. The van der Waals surface area contributed by atoms with Crippen LogP contribution in [-0.4, -0.2) is 0 Å². The summed E-state index contributed by atoms with van der Waals surface area (Å²) in [5.41, 5.74) is 14.5. The van der Waals surface area contributed by atoms with Gasteiger partial charge in [0, 0.05) is 10.8 Å². The minimum Gasteiger partial charge on any atom is -0.0617 e. The topological polar surface area (TPSA) is 0 Å². The van der Waals surface area contributed by atoms with Gasteiger partial charge in [-0.1, -0.05) is 69.7 Å². The summed E-state index contributed by atoms with van der Waals surface area (Å²) in [6.45, 7) is 14.0. The van der Waals surface area contributed by atoms with E-state index in [1.165, 1.54) is 55.6 Å². The van der Waals surface area contributed by atoms with E-state index in [0.29, 0.717) is 0 Å². The molecule has 130 valence electrons. The van der Waals surface area contributed by atoms with E-state index in [0.717, 1.165) is 0 Å². The van der Waals surface area contributed by atoms with E-state index in [1.54, 1.807) is 0 Å². The molecule has 0 nitrogen and oxygen atoms in total. The molecule has 5 rings (SSSR count). The van der Waals surface area contributed by atoms with E-state index in [-0.39, 0.29) is 10.8 Å². The molecule has 3 aromatic carbocycles. The van der Waals surface area contributed by atoms with Crippen molar-refractivity contribution >= 4 is 0 Å². The van der Waals surface area contributed by atoms with Gasteiger partial charge in [-0.2, -0.15) is 0 Å². The van der Waals surface area contributed by atoms with E-state index >= 15 is 0 Å². The van der Waals surface area contributed by atoms with Crippen LogP contribution >= 0.6 is 0 Å². The molecule has 0 saturated carbocycles. The number of aryl methyl sites for hydroxylation is 2. The number of fused-ring (bicyclic) bond motifs is 6. The highest BCUT2D eigenvalue weighted by molar-refractivity contribution is 5.90. The molecular weight excluding hydrogens is 312 g/mol. The molecule has 0 saturated heterocycles. The van der Waals surface area contributed by atoms with E-state index < -0.39 is 0 Å². The molecule has 0 radical (unpaired) electrons. The molecule has 0 unspecified atom stereocenters. The fourth-order valence-electron chi connectivity index (χ4n) is 5.31. The molecular formula is C26H26. The Bertz CT molecular complexity index is 1090. The first-order valence-corrected chi connectivity index (χ1v) is 9.64. The predicted octanol–water partition coefficient (Wildman–Crippen LogP) is 6.92. The third-order valence-corrected chi connectivity index (χ3v) is 6.86. The third kappa shape index (κ3) is 1.75. The van der Waals surface area contributed by atoms with Crippen molar-refractivity contribution in [3.8, 4) is 22.3 Å². The summed E-state index contributed by atoms with van der Waals surface area (Å²) in [5, 5.41) is 0. The second kappa shape index (κ2) is 4.68. The molecule has 0 spiro atoms. The average Bonchev–Trinajstić information content (AvgIpc) is 2.94. The van der Waals surface area contributed by atoms with Crippen LogP contribution in [0.1, 0.15) is 61.1 Å². The second-order valence-electron chi connectivity index (χ2n) is 9.24. The number of rotatable bonds is 0. The summed E-state index contributed by atoms with van der Waals surface area (Å²) in [5.74, 6) is 0. The summed E-state index contributed by atoms with van der Waals surface area (Å²) >= 11 is 0. The van der Waals surface area contributed by atoms with Crippen LogP contribution in [0.4, 0.5) is 0 Å². The van der Waals surface area contributed by atoms with Crippen molar-refractivity contribution in [1.29, 1.82) is 0 Å². The molecule has 0 heteroatoms. The number of hydrogen-bond donors (Lipinski definition) is 0. The maximum atomic E-state index is 2.50. The summed E-state index contributed by atoms with van der Waals surface area (Å²) in [6.07, 6.45) is 0. The summed E-state index contributed by atoms with van der Waals surface area (Å²) < 4.78 is 0. The highest BCUT2D eigenvalue weighted by Crippen LogP contribution is 2.56. The lowest BCUT2D eigenvalue weighted by molar-refractivity contribution is 0.651. The highest BCUT2D eigenvalue weighted by Gasteiger charge is 2.41. The first-order chi connectivity index (χ1) is 12.2. The monoisotopic (exact) mass is 338 g/mol. The average molecular weight is 338 g/mol. The molecule has 0 heterocycles. The Kier molecular flexibility index (Phi) is 2.86. The Labute approximate surface area is 156 Å². The molecule has 0 atom stereocenters. The largest absolute Gasteiger partial charge is 0.0617 e. The standard InChI is InChI=1S/C26H26/c1-15-10-11-17-18-13-23-19(14-22(18)26(5,6)21(17)12-15)24-16(2)8-7-9-20(24)25(23,3)4/h7-14H,1-6H3. The molecule has 0 aliphatic heterocycles. The molecule has 0 N–H and O–H groups in total. The zero-order chi connectivity index (χ0) is 18.4. The van der Waals surface area contributed by atoms with Gasteiger partial charge in [-0.25, -0.2) is 0 Å². The van der Waals surface area contributed by atoms with E-state index in [4.69, 9.17) is 0 Å². The Balaban J connectivity index is 1.87. The van der Waals surface area contributed by atoms with Gasteiger partial charge in [-0.05, 0) is 76.1 Å². The molecule has 2 aliphatic carbocycles. The zero-order valence-electron chi connectivity index (χ0n) is 16.6.